The van der Waals surface area contributed by atoms with Crippen LogP contribution in [0.3, 0.4) is 0 Å². The Hall–Kier alpha value is -0.410. The van der Waals surface area contributed by atoms with Crippen molar-refractivity contribution in [1.82, 2.24) is 0 Å². The standard InChI is InChI=1S/C10H12BrClO2/c1-13-8-3-4-10(9(11)7-8)14-6-2-5-12/h3-4,7H,2,5-6H2,1H3. The molecule has 14 heavy (non-hydrogen) atoms. The first kappa shape index (κ1) is 11.7. The predicted octanol–water partition coefficient (Wildman–Crippen LogP) is 3.47. The van der Waals surface area contributed by atoms with Gasteiger partial charge in [-0.2, -0.15) is 0 Å². The van der Waals surface area contributed by atoms with Crippen molar-refractivity contribution in [2.75, 3.05) is 19.6 Å². The smallest absolute Gasteiger partial charge is 0.133 e. The summed E-state index contributed by atoms with van der Waals surface area (Å²) in [4.78, 5) is 0. The monoisotopic (exact) mass is 278 g/mol. The highest BCUT2D eigenvalue weighted by atomic mass is 79.9. The van der Waals surface area contributed by atoms with Crippen LogP contribution in [-0.2, 0) is 0 Å². The predicted molar refractivity (Wildman–Crippen MR) is 61.5 cm³/mol. The van der Waals surface area contributed by atoms with Gasteiger partial charge in [-0.3, -0.25) is 0 Å². The van der Waals surface area contributed by atoms with Gasteiger partial charge in [0.25, 0.3) is 0 Å². The summed E-state index contributed by atoms with van der Waals surface area (Å²) in [5, 5.41) is 0. The highest BCUT2D eigenvalue weighted by Gasteiger charge is 2.02. The minimum atomic E-state index is 0.619. The molecule has 0 atom stereocenters. The van der Waals surface area contributed by atoms with Crippen LogP contribution in [0.5, 0.6) is 11.5 Å². The molecule has 0 amide bonds. The van der Waals surface area contributed by atoms with Crippen LogP contribution in [0, 0.1) is 0 Å². The summed E-state index contributed by atoms with van der Waals surface area (Å²) in [6.45, 7) is 0.633. The zero-order valence-electron chi connectivity index (χ0n) is 7.93. The molecule has 0 aliphatic heterocycles. The Labute approximate surface area is 97.3 Å². The molecule has 0 aromatic heterocycles. The van der Waals surface area contributed by atoms with E-state index in [1.165, 1.54) is 0 Å². The Morgan fingerprint density at radius 3 is 2.79 bits per heavy atom. The van der Waals surface area contributed by atoms with Gasteiger partial charge in [-0.15, -0.1) is 11.6 Å². The first-order valence-corrected chi connectivity index (χ1v) is 5.63. The molecular formula is C10H12BrClO2. The van der Waals surface area contributed by atoms with Crippen molar-refractivity contribution in [3.63, 3.8) is 0 Å². The van der Waals surface area contributed by atoms with Crippen molar-refractivity contribution in [2.45, 2.75) is 6.42 Å². The van der Waals surface area contributed by atoms with Crippen LogP contribution in [0.2, 0.25) is 0 Å². The van der Waals surface area contributed by atoms with Crippen LogP contribution < -0.4 is 9.47 Å². The highest BCUT2D eigenvalue weighted by Crippen LogP contribution is 2.29. The van der Waals surface area contributed by atoms with Gasteiger partial charge in [-0.25, -0.2) is 0 Å². The molecule has 0 fully saturated rings. The number of rotatable bonds is 5. The minimum absolute atomic E-state index is 0.619. The number of benzene rings is 1. The van der Waals surface area contributed by atoms with Crippen molar-refractivity contribution in [2.24, 2.45) is 0 Å². The maximum atomic E-state index is 5.54. The summed E-state index contributed by atoms with van der Waals surface area (Å²) in [5.74, 6) is 2.24. The van der Waals surface area contributed by atoms with Gasteiger partial charge in [0.2, 0.25) is 0 Å². The molecule has 0 aliphatic carbocycles. The van der Waals surface area contributed by atoms with Gasteiger partial charge in [-0.05, 0) is 40.5 Å². The number of halogens is 2. The van der Waals surface area contributed by atoms with Crippen molar-refractivity contribution in [3.8, 4) is 11.5 Å². The molecule has 1 rings (SSSR count). The van der Waals surface area contributed by atoms with E-state index in [9.17, 15) is 0 Å². The summed E-state index contributed by atoms with van der Waals surface area (Å²) in [6.07, 6.45) is 0.847. The molecule has 78 valence electrons. The number of hydrogen-bond donors (Lipinski definition) is 0. The van der Waals surface area contributed by atoms with Gasteiger partial charge in [0, 0.05) is 5.88 Å². The summed E-state index contributed by atoms with van der Waals surface area (Å²) in [5.41, 5.74) is 0. The number of ether oxygens (including phenoxy) is 2. The fourth-order valence-corrected chi connectivity index (χ4v) is 1.54. The number of methoxy groups -OCH3 is 1. The van der Waals surface area contributed by atoms with Gasteiger partial charge < -0.3 is 9.47 Å². The van der Waals surface area contributed by atoms with Crippen LogP contribution >= 0.6 is 27.5 Å². The minimum Gasteiger partial charge on any atom is -0.497 e. The van der Waals surface area contributed by atoms with E-state index < -0.39 is 0 Å². The summed E-state index contributed by atoms with van der Waals surface area (Å²) in [7, 11) is 1.63. The lowest BCUT2D eigenvalue weighted by Crippen LogP contribution is -1.98. The first-order valence-electron chi connectivity index (χ1n) is 4.30. The Balaban J connectivity index is 2.59. The lowest BCUT2D eigenvalue weighted by molar-refractivity contribution is 0.315. The molecule has 2 nitrogen and oxygen atoms in total. The molecule has 0 aliphatic rings. The van der Waals surface area contributed by atoms with Crippen LogP contribution in [-0.4, -0.2) is 19.6 Å². The summed E-state index contributed by atoms with van der Waals surface area (Å²) in [6, 6.07) is 5.61. The summed E-state index contributed by atoms with van der Waals surface area (Å²) >= 11 is 8.95. The Morgan fingerprint density at radius 1 is 1.43 bits per heavy atom. The van der Waals surface area contributed by atoms with Crippen LogP contribution in [0.25, 0.3) is 0 Å². The Morgan fingerprint density at radius 2 is 2.21 bits per heavy atom. The average molecular weight is 280 g/mol. The van der Waals surface area contributed by atoms with E-state index in [4.69, 9.17) is 21.1 Å². The Kier molecular flexibility index (Phi) is 5.12. The second kappa shape index (κ2) is 6.14. The van der Waals surface area contributed by atoms with Crippen LogP contribution in [0.4, 0.5) is 0 Å². The SMILES string of the molecule is COc1ccc(OCCCCl)c(Br)c1. The maximum Gasteiger partial charge on any atom is 0.133 e. The van der Waals surface area contributed by atoms with Crippen molar-refractivity contribution in [3.05, 3.63) is 22.7 Å². The van der Waals surface area contributed by atoms with Crippen molar-refractivity contribution >= 4 is 27.5 Å². The second-order valence-corrected chi connectivity index (χ2v) is 3.92. The van der Waals surface area contributed by atoms with E-state index in [0.717, 1.165) is 22.4 Å². The van der Waals surface area contributed by atoms with Crippen molar-refractivity contribution < 1.29 is 9.47 Å². The van der Waals surface area contributed by atoms with Gasteiger partial charge >= 0.3 is 0 Å². The zero-order valence-corrected chi connectivity index (χ0v) is 10.3. The molecule has 1 aromatic carbocycles. The topological polar surface area (TPSA) is 18.5 Å². The van der Waals surface area contributed by atoms with E-state index in [1.807, 2.05) is 18.2 Å². The zero-order chi connectivity index (χ0) is 10.4. The lowest BCUT2D eigenvalue weighted by atomic mass is 10.3. The maximum absolute atomic E-state index is 5.54. The molecule has 0 bridgehead atoms. The quantitative estimate of drug-likeness (QED) is 0.607. The molecule has 0 N–H and O–H groups in total. The van der Waals surface area contributed by atoms with E-state index in [2.05, 4.69) is 15.9 Å². The third-order valence-corrected chi connectivity index (χ3v) is 2.56. The average Bonchev–Trinajstić information content (AvgIpc) is 2.20. The first-order chi connectivity index (χ1) is 6.77. The molecule has 0 saturated carbocycles. The molecule has 0 unspecified atom stereocenters. The highest BCUT2D eigenvalue weighted by molar-refractivity contribution is 9.10. The largest absolute Gasteiger partial charge is 0.497 e. The molecule has 0 radical (unpaired) electrons. The Bertz CT molecular complexity index is 291. The molecule has 0 saturated heterocycles. The van der Waals surface area contributed by atoms with E-state index in [1.54, 1.807) is 7.11 Å². The third-order valence-electron chi connectivity index (χ3n) is 1.67. The lowest BCUT2D eigenvalue weighted by Gasteiger charge is -2.08. The van der Waals surface area contributed by atoms with Crippen molar-refractivity contribution in [1.29, 1.82) is 0 Å². The molecule has 4 heteroatoms. The third kappa shape index (κ3) is 3.39. The number of alkyl halides is 1. The van der Waals surface area contributed by atoms with Crippen LogP contribution in [0.1, 0.15) is 6.42 Å². The normalized spacial score (nSPS) is 9.93. The molecule has 0 heterocycles. The van der Waals surface area contributed by atoms with E-state index in [-0.39, 0.29) is 0 Å². The van der Waals surface area contributed by atoms with Gasteiger partial charge in [-0.1, -0.05) is 0 Å². The van der Waals surface area contributed by atoms with E-state index in [0.29, 0.717) is 12.5 Å². The number of hydrogen-bond acceptors (Lipinski definition) is 2. The van der Waals surface area contributed by atoms with E-state index >= 15 is 0 Å². The summed E-state index contributed by atoms with van der Waals surface area (Å²) < 4.78 is 11.5. The van der Waals surface area contributed by atoms with Gasteiger partial charge in [0.15, 0.2) is 0 Å². The fraction of sp³-hybridized carbons (Fsp3) is 0.400. The van der Waals surface area contributed by atoms with Gasteiger partial charge in [0.05, 0.1) is 18.2 Å². The van der Waals surface area contributed by atoms with Crippen LogP contribution in [0.15, 0.2) is 22.7 Å². The van der Waals surface area contributed by atoms with Gasteiger partial charge in [0.1, 0.15) is 11.5 Å². The second-order valence-electron chi connectivity index (χ2n) is 2.69. The molecule has 0 spiro atoms. The fourth-order valence-electron chi connectivity index (χ4n) is 0.962. The molecular weight excluding hydrogens is 267 g/mol. The molecule has 1 aromatic rings.